The zero-order valence-electron chi connectivity index (χ0n) is 14.9. The topological polar surface area (TPSA) is 57.4 Å². The monoisotopic (exact) mass is 347 g/mol. The van der Waals surface area contributed by atoms with E-state index >= 15 is 0 Å². The Hall–Kier alpha value is -2.95. The Morgan fingerprint density at radius 1 is 1.23 bits per heavy atom. The zero-order chi connectivity index (χ0) is 17.9. The van der Waals surface area contributed by atoms with Gasteiger partial charge in [0.25, 0.3) is 0 Å². The number of carbonyl (C=O) groups is 1. The molecule has 3 heterocycles. The average molecular weight is 347 g/mol. The van der Waals surface area contributed by atoms with Gasteiger partial charge in [-0.1, -0.05) is 12.1 Å². The van der Waals surface area contributed by atoms with Crippen molar-refractivity contribution < 1.29 is 9.53 Å². The molecule has 26 heavy (non-hydrogen) atoms. The van der Waals surface area contributed by atoms with E-state index in [9.17, 15) is 4.79 Å². The van der Waals surface area contributed by atoms with Crippen molar-refractivity contribution in [2.24, 2.45) is 0 Å². The lowest BCUT2D eigenvalue weighted by Gasteiger charge is -2.33. The summed E-state index contributed by atoms with van der Waals surface area (Å²) in [7, 11) is 1.69. The van der Waals surface area contributed by atoms with E-state index in [1.165, 1.54) is 16.5 Å². The molecular weight excluding hydrogens is 326 g/mol. The van der Waals surface area contributed by atoms with Crippen LogP contribution in [0.2, 0.25) is 0 Å². The fraction of sp³-hybridized carbons (Fsp3) is 0.286. The maximum absolute atomic E-state index is 12.3. The number of methoxy groups -OCH3 is 1. The van der Waals surface area contributed by atoms with Crippen LogP contribution in [-0.2, 0) is 10.2 Å². The SMILES string of the molecule is COc1ccc2c(c1)[C@@]1(c3cccc4[nH]ccc34)CCN(C(C)=O)[C@H]1N2. The number of nitrogens with zero attached hydrogens (tertiary/aromatic N) is 1. The van der Waals surface area contributed by atoms with Gasteiger partial charge in [-0.15, -0.1) is 0 Å². The number of rotatable bonds is 2. The highest BCUT2D eigenvalue weighted by molar-refractivity contribution is 5.87. The number of ether oxygens (including phenoxy) is 1. The quantitative estimate of drug-likeness (QED) is 0.746. The van der Waals surface area contributed by atoms with Gasteiger partial charge >= 0.3 is 0 Å². The highest BCUT2D eigenvalue weighted by atomic mass is 16.5. The van der Waals surface area contributed by atoms with Gasteiger partial charge in [0.2, 0.25) is 5.91 Å². The van der Waals surface area contributed by atoms with Crippen LogP contribution in [-0.4, -0.2) is 35.6 Å². The van der Waals surface area contributed by atoms with Gasteiger partial charge in [-0.2, -0.15) is 0 Å². The molecule has 0 aliphatic carbocycles. The van der Waals surface area contributed by atoms with E-state index in [1.54, 1.807) is 14.0 Å². The van der Waals surface area contributed by atoms with Gasteiger partial charge in [0.05, 0.1) is 12.5 Å². The van der Waals surface area contributed by atoms with Crippen LogP contribution >= 0.6 is 0 Å². The Morgan fingerprint density at radius 3 is 2.92 bits per heavy atom. The molecule has 0 bridgehead atoms. The number of fused-ring (bicyclic) bond motifs is 4. The molecule has 5 nitrogen and oxygen atoms in total. The summed E-state index contributed by atoms with van der Waals surface area (Å²) < 4.78 is 5.50. The molecule has 2 aromatic carbocycles. The highest BCUT2D eigenvalue weighted by Crippen LogP contribution is 2.54. The Morgan fingerprint density at radius 2 is 2.12 bits per heavy atom. The fourth-order valence-corrected chi connectivity index (χ4v) is 4.85. The van der Waals surface area contributed by atoms with Crippen LogP contribution in [0.3, 0.4) is 0 Å². The molecule has 2 aliphatic heterocycles. The van der Waals surface area contributed by atoms with E-state index in [2.05, 4.69) is 46.7 Å². The van der Waals surface area contributed by atoms with Gasteiger partial charge in [-0.25, -0.2) is 0 Å². The summed E-state index contributed by atoms with van der Waals surface area (Å²) in [5.41, 5.74) is 4.38. The summed E-state index contributed by atoms with van der Waals surface area (Å²) in [6, 6.07) is 14.7. The number of carbonyl (C=O) groups excluding carboxylic acids is 1. The number of amides is 1. The number of likely N-dealkylation sites (tertiary alicyclic amines) is 1. The first-order valence-corrected chi connectivity index (χ1v) is 8.94. The van der Waals surface area contributed by atoms with Crippen LogP contribution in [0, 0.1) is 0 Å². The Kier molecular flexibility index (Phi) is 3.11. The number of anilines is 1. The molecule has 3 aromatic rings. The maximum Gasteiger partial charge on any atom is 0.221 e. The van der Waals surface area contributed by atoms with Crippen molar-refractivity contribution in [3.63, 3.8) is 0 Å². The molecule has 0 unspecified atom stereocenters. The number of aromatic amines is 1. The molecule has 1 amide bonds. The predicted molar refractivity (Wildman–Crippen MR) is 101 cm³/mol. The minimum atomic E-state index is -0.281. The van der Waals surface area contributed by atoms with E-state index in [0.29, 0.717) is 0 Å². The molecule has 2 N–H and O–H groups in total. The number of H-pyrrole nitrogens is 1. The Bertz CT molecular complexity index is 1030. The fourth-order valence-electron chi connectivity index (χ4n) is 4.85. The molecule has 1 saturated heterocycles. The van der Waals surface area contributed by atoms with E-state index in [0.717, 1.165) is 29.9 Å². The number of benzene rings is 2. The standard InChI is InChI=1S/C21H21N3O2/c1-13(25)24-11-9-21(16-4-3-5-18-15(16)8-10-22-18)17-12-14(26-2)6-7-19(17)23-20(21)24/h3-8,10,12,20,22-23H,9,11H2,1-2H3/t20-,21+/m1/s1. The Balaban J connectivity index is 1.81. The summed E-state index contributed by atoms with van der Waals surface area (Å²) in [4.78, 5) is 17.6. The number of aromatic nitrogens is 1. The van der Waals surface area contributed by atoms with Gasteiger partial charge < -0.3 is 19.9 Å². The largest absolute Gasteiger partial charge is 0.497 e. The summed E-state index contributed by atoms with van der Waals surface area (Å²) in [5, 5.41) is 4.82. The van der Waals surface area contributed by atoms with Crippen molar-refractivity contribution >= 4 is 22.5 Å². The predicted octanol–water partition coefficient (Wildman–Crippen LogP) is 3.47. The van der Waals surface area contributed by atoms with E-state index in [1.807, 2.05) is 17.2 Å². The summed E-state index contributed by atoms with van der Waals surface area (Å²) in [6.07, 6.45) is 2.78. The van der Waals surface area contributed by atoms with E-state index in [4.69, 9.17) is 4.74 Å². The van der Waals surface area contributed by atoms with Crippen LogP contribution in [0.15, 0.2) is 48.7 Å². The summed E-state index contributed by atoms with van der Waals surface area (Å²) in [5.74, 6) is 0.943. The van der Waals surface area contributed by atoms with Gasteiger partial charge in [-0.05, 0) is 47.9 Å². The first kappa shape index (κ1) is 15.3. The van der Waals surface area contributed by atoms with Crippen LogP contribution in [0.5, 0.6) is 5.75 Å². The van der Waals surface area contributed by atoms with Gasteiger partial charge in [0.15, 0.2) is 0 Å². The lowest BCUT2D eigenvalue weighted by atomic mass is 9.72. The Labute approximate surface area is 152 Å². The zero-order valence-corrected chi connectivity index (χ0v) is 14.9. The maximum atomic E-state index is 12.3. The lowest BCUT2D eigenvalue weighted by Crippen LogP contribution is -2.46. The second kappa shape index (κ2) is 5.27. The third kappa shape index (κ3) is 1.83. The van der Waals surface area contributed by atoms with Crippen molar-refractivity contribution in [2.45, 2.75) is 24.9 Å². The molecule has 0 radical (unpaired) electrons. The second-order valence-corrected chi connectivity index (χ2v) is 7.14. The number of hydrogen-bond donors (Lipinski definition) is 2. The van der Waals surface area contributed by atoms with Crippen molar-refractivity contribution in [1.29, 1.82) is 0 Å². The molecule has 2 atom stereocenters. The molecule has 0 spiro atoms. The third-order valence-corrected chi connectivity index (χ3v) is 6.01. The molecule has 5 heteroatoms. The van der Waals surface area contributed by atoms with Gasteiger partial charge in [0, 0.05) is 36.3 Å². The molecule has 0 saturated carbocycles. The van der Waals surface area contributed by atoms with Crippen molar-refractivity contribution in [1.82, 2.24) is 9.88 Å². The van der Waals surface area contributed by atoms with Crippen molar-refractivity contribution in [3.05, 3.63) is 59.8 Å². The molecule has 1 aromatic heterocycles. The number of hydrogen-bond acceptors (Lipinski definition) is 3. The average Bonchev–Trinajstić information content (AvgIpc) is 3.33. The van der Waals surface area contributed by atoms with Crippen LogP contribution < -0.4 is 10.1 Å². The molecule has 2 aliphatic rings. The highest BCUT2D eigenvalue weighted by Gasteiger charge is 2.56. The molecule has 1 fully saturated rings. The molecule has 5 rings (SSSR count). The molecular formula is C21H21N3O2. The van der Waals surface area contributed by atoms with Crippen LogP contribution in [0.1, 0.15) is 24.5 Å². The molecule has 132 valence electrons. The van der Waals surface area contributed by atoms with E-state index < -0.39 is 0 Å². The minimum absolute atomic E-state index is 0.0809. The smallest absolute Gasteiger partial charge is 0.221 e. The van der Waals surface area contributed by atoms with Crippen LogP contribution in [0.4, 0.5) is 5.69 Å². The third-order valence-electron chi connectivity index (χ3n) is 6.01. The van der Waals surface area contributed by atoms with Crippen molar-refractivity contribution in [3.8, 4) is 5.75 Å². The second-order valence-electron chi connectivity index (χ2n) is 7.14. The van der Waals surface area contributed by atoms with Crippen LogP contribution in [0.25, 0.3) is 10.9 Å². The van der Waals surface area contributed by atoms with Gasteiger partial charge in [0.1, 0.15) is 11.9 Å². The normalized spacial score (nSPS) is 23.6. The van der Waals surface area contributed by atoms with Gasteiger partial charge in [-0.3, -0.25) is 4.79 Å². The summed E-state index contributed by atoms with van der Waals surface area (Å²) >= 11 is 0. The first-order chi connectivity index (χ1) is 12.6. The lowest BCUT2D eigenvalue weighted by molar-refractivity contribution is -0.129. The van der Waals surface area contributed by atoms with Crippen molar-refractivity contribution in [2.75, 3.05) is 19.0 Å². The first-order valence-electron chi connectivity index (χ1n) is 8.94. The summed E-state index contributed by atoms with van der Waals surface area (Å²) in [6.45, 7) is 2.39. The minimum Gasteiger partial charge on any atom is -0.497 e. The number of nitrogens with one attached hydrogen (secondary N) is 2. The van der Waals surface area contributed by atoms with E-state index in [-0.39, 0.29) is 17.5 Å².